The highest BCUT2D eigenvalue weighted by Crippen LogP contribution is 2.22. The lowest BCUT2D eigenvalue weighted by Gasteiger charge is -2.16. The van der Waals surface area contributed by atoms with Gasteiger partial charge in [-0.3, -0.25) is 0 Å². The lowest BCUT2D eigenvalue weighted by Crippen LogP contribution is -2.08. The van der Waals surface area contributed by atoms with Crippen LogP contribution in [0.5, 0.6) is 0 Å². The lowest BCUT2D eigenvalue weighted by molar-refractivity contribution is 0.0438. The van der Waals surface area contributed by atoms with Crippen molar-refractivity contribution in [2.45, 2.75) is 32.3 Å². The van der Waals surface area contributed by atoms with Gasteiger partial charge in [0.1, 0.15) is 12.4 Å². The summed E-state index contributed by atoms with van der Waals surface area (Å²) in [6.07, 6.45) is 4.45. The Bertz CT molecular complexity index is 729. The maximum atomic E-state index is 12.1. The summed E-state index contributed by atoms with van der Waals surface area (Å²) in [6.45, 7) is -0.0209. The molecule has 0 radical (unpaired) electrons. The van der Waals surface area contributed by atoms with Crippen molar-refractivity contribution < 1.29 is 23.5 Å². The highest BCUT2D eigenvalue weighted by atomic mass is 16.5. The zero-order valence-corrected chi connectivity index (χ0v) is 13.0. The molecule has 1 aromatic heterocycles. The molecule has 3 rings (SSSR count). The third kappa shape index (κ3) is 3.44. The largest absolute Gasteiger partial charge is 0.463 e. The molecule has 1 aliphatic rings. The summed E-state index contributed by atoms with van der Waals surface area (Å²) >= 11 is 0. The van der Waals surface area contributed by atoms with Crippen molar-refractivity contribution in [3.63, 3.8) is 0 Å². The summed E-state index contributed by atoms with van der Waals surface area (Å²) in [7, 11) is 1.28. The van der Waals surface area contributed by atoms with Crippen LogP contribution in [-0.4, -0.2) is 19.0 Å². The Hall–Kier alpha value is -2.56. The van der Waals surface area contributed by atoms with Crippen LogP contribution in [0.4, 0.5) is 0 Å². The normalized spacial score (nSPS) is 13.3. The molecule has 0 atom stereocenters. The average molecular weight is 314 g/mol. The molecule has 23 heavy (non-hydrogen) atoms. The van der Waals surface area contributed by atoms with Crippen LogP contribution in [0.25, 0.3) is 0 Å². The minimum absolute atomic E-state index is 0.0209. The molecule has 0 fully saturated rings. The Labute approximate surface area is 134 Å². The van der Waals surface area contributed by atoms with Crippen LogP contribution >= 0.6 is 0 Å². The zero-order chi connectivity index (χ0) is 16.2. The molecular weight excluding hydrogens is 296 g/mol. The van der Waals surface area contributed by atoms with Crippen LogP contribution in [-0.2, 0) is 28.9 Å². The topological polar surface area (TPSA) is 65.7 Å². The molecule has 0 aliphatic heterocycles. The highest BCUT2D eigenvalue weighted by Gasteiger charge is 2.15. The van der Waals surface area contributed by atoms with Gasteiger partial charge in [0.25, 0.3) is 0 Å². The first-order valence-electron chi connectivity index (χ1n) is 7.63. The minimum Gasteiger partial charge on any atom is -0.463 e. The van der Waals surface area contributed by atoms with E-state index < -0.39 is 11.9 Å². The molecule has 2 aromatic rings. The van der Waals surface area contributed by atoms with E-state index in [9.17, 15) is 9.59 Å². The molecule has 5 heteroatoms. The SMILES string of the molecule is COC(=O)c1ccc(COC(=O)c2ccc3c(c2)CCCC3)o1. The standard InChI is InChI=1S/C18H18O5/c1-21-18(20)16-9-8-15(23-16)11-22-17(19)14-7-6-12-4-2-3-5-13(12)10-14/h6-10H,2-5,11H2,1H3. The number of rotatable bonds is 4. The Morgan fingerprint density at radius 1 is 1.04 bits per heavy atom. The van der Waals surface area contributed by atoms with Crippen molar-refractivity contribution in [2.24, 2.45) is 0 Å². The Balaban J connectivity index is 1.63. The van der Waals surface area contributed by atoms with Gasteiger partial charge in [-0.25, -0.2) is 9.59 Å². The van der Waals surface area contributed by atoms with E-state index in [1.807, 2.05) is 12.1 Å². The smallest absolute Gasteiger partial charge is 0.373 e. The minimum atomic E-state index is -0.558. The van der Waals surface area contributed by atoms with Crippen LogP contribution in [0, 0.1) is 0 Å². The summed E-state index contributed by atoms with van der Waals surface area (Å²) in [4.78, 5) is 23.4. The van der Waals surface area contributed by atoms with Gasteiger partial charge < -0.3 is 13.9 Å². The van der Waals surface area contributed by atoms with Gasteiger partial charge in [-0.15, -0.1) is 0 Å². The molecule has 0 unspecified atom stereocenters. The first kappa shape index (κ1) is 15.3. The number of carbonyl (C=O) groups is 2. The zero-order valence-electron chi connectivity index (χ0n) is 13.0. The van der Waals surface area contributed by atoms with Gasteiger partial charge in [0.05, 0.1) is 12.7 Å². The van der Waals surface area contributed by atoms with Gasteiger partial charge in [0, 0.05) is 0 Å². The van der Waals surface area contributed by atoms with Crippen LogP contribution in [0.15, 0.2) is 34.7 Å². The van der Waals surface area contributed by atoms with Crippen LogP contribution in [0.2, 0.25) is 0 Å². The van der Waals surface area contributed by atoms with E-state index in [4.69, 9.17) is 9.15 Å². The number of benzene rings is 1. The second-order valence-electron chi connectivity index (χ2n) is 5.52. The van der Waals surface area contributed by atoms with Gasteiger partial charge in [0.2, 0.25) is 5.76 Å². The van der Waals surface area contributed by atoms with Crippen molar-refractivity contribution in [1.29, 1.82) is 0 Å². The molecule has 0 N–H and O–H groups in total. The number of ether oxygens (including phenoxy) is 2. The summed E-state index contributed by atoms with van der Waals surface area (Å²) in [5, 5.41) is 0. The Kier molecular flexibility index (Phi) is 4.46. The van der Waals surface area contributed by atoms with Crippen molar-refractivity contribution >= 4 is 11.9 Å². The fourth-order valence-electron chi connectivity index (χ4n) is 2.75. The van der Waals surface area contributed by atoms with E-state index in [2.05, 4.69) is 4.74 Å². The molecule has 0 saturated heterocycles. The summed E-state index contributed by atoms with van der Waals surface area (Å²) in [5.41, 5.74) is 3.10. The third-order valence-corrected chi connectivity index (χ3v) is 3.98. The number of fused-ring (bicyclic) bond motifs is 1. The third-order valence-electron chi connectivity index (χ3n) is 3.98. The second kappa shape index (κ2) is 6.69. The van der Waals surface area contributed by atoms with Crippen molar-refractivity contribution in [3.05, 3.63) is 58.5 Å². The molecule has 120 valence electrons. The number of hydrogen-bond acceptors (Lipinski definition) is 5. The number of methoxy groups -OCH3 is 1. The van der Waals surface area contributed by atoms with E-state index in [1.165, 1.54) is 30.7 Å². The first-order chi connectivity index (χ1) is 11.2. The fourth-order valence-corrected chi connectivity index (χ4v) is 2.75. The average Bonchev–Trinajstić information content (AvgIpc) is 3.07. The fraction of sp³-hybridized carbons (Fsp3) is 0.333. The lowest BCUT2D eigenvalue weighted by atomic mass is 9.90. The van der Waals surface area contributed by atoms with E-state index in [0.29, 0.717) is 11.3 Å². The van der Waals surface area contributed by atoms with Gasteiger partial charge in [-0.05, 0) is 61.1 Å². The van der Waals surface area contributed by atoms with Crippen molar-refractivity contribution in [1.82, 2.24) is 0 Å². The number of carbonyl (C=O) groups excluding carboxylic acids is 2. The van der Waals surface area contributed by atoms with Gasteiger partial charge >= 0.3 is 11.9 Å². The molecule has 0 spiro atoms. The van der Waals surface area contributed by atoms with E-state index in [1.54, 1.807) is 12.1 Å². The number of aryl methyl sites for hydroxylation is 2. The summed E-state index contributed by atoms with van der Waals surface area (Å²) in [6, 6.07) is 8.81. The molecule has 1 aromatic carbocycles. The van der Waals surface area contributed by atoms with Crippen molar-refractivity contribution in [3.8, 4) is 0 Å². The maximum absolute atomic E-state index is 12.1. The predicted octanol–water partition coefficient (Wildman–Crippen LogP) is 3.30. The quantitative estimate of drug-likeness (QED) is 0.810. The second-order valence-corrected chi connectivity index (χ2v) is 5.52. The molecule has 5 nitrogen and oxygen atoms in total. The summed E-state index contributed by atoms with van der Waals surface area (Å²) < 4.78 is 15.1. The number of hydrogen-bond donors (Lipinski definition) is 0. The molecule has 0 saturated carbocycles. The number of furan rings is 1. The Morgan fingerprint density at radius 2 is 1.83 bits per heavy atom. The monoisotopic (exact) mass is 314 g/mol. The Morgan fingerprint density at radius 3 is 2.61 bits per heavy atom. The molecule has 1 aliphatic carbocycles. The van der Waals surface area contributed by atoms with Crippen molar-refractivity contribution in [2.75, 3.05) is 7.11 Å². The van der Waals surface area contributed by atoms with E-state index in [-0.39, 0.29) is 12.4 Å². The van der Waals surface area contributed by atoms with Gasteiger partial charge in [-0.1, -0.05) is 6.07 Å². The van der Waals surface area contributed by atoms with Crippen LogP contribution < -0.4 is 0 Å². The van der Waals surface area contributed by atoms with Crippen LogP contribution in [0.3, 0.4) is 0 Å². The predicted molar refractivity (Wildman–Crippen MR) is 82.3 cm³/mol. The molecular formula is C18H18O5. The molecule has 1 heterocycles. The van der Waals surface area contributed by atoms with Crippen LogP contribution in [0.1, 0.15) is 50.6 Å². The first-order valence-corrected chi connectivity index (χ1v) is 7.63. The summed E-state index contributed by atoms with van der Waals surface area (Å²) in [5.74, 6) is -0.462. The van der Waals surface area contributed by atoms with Gasteiger partial charge in [-0.2, -0.15) is 0 Å². The van der Waals surface area contributed by atoms with Gasteiger partial charge in [0.15, 0.2) is 0 Å². The van der Waals surface area contributed by atoms with E-state index >= 15 is 0 Å². The molecule has 0 bridgehead atoms. The highest BCUT2D eigenvalue weighted by molar-refractivity contribution is 5.89. The van der Waals surface area contributed by atoms with E-state index in [0.717, 1.165) is 19.3 Å². The number of esters is 2. The molecule has 0 amide bonds. The maximum Gasteiger partial charge on any atom is 0.373 e.